The molecule has 0 radical (unpaired) electrons. The van der Waals surface area contributed by atoms with Crippen molar-refractivity contribution in [3.63, 3.8) is 0 Å². The summed E-state index contributed by atoms with van der Waals surface area (Å²) < 4.78 is 10.4. The second-order valence-electron chi connectivity index (χ2n) is 4.02. The van der Waals surface area contributed by atoms with E-state index in [2.05, 4.69) is 12.2 Å². The summed E-state index contributed by atoms with van der Waals surface area (Å²) in [7, 11) is 1.60. The van der Waals surface area contributed by atoms with E-state index >= 15 is 0 Å². The van der Waals surface area contributed by atoms with Gasteiger partial charge in [-0.15, -0.1) is 0 Å². The van der Waals surface area contributed by atoms with E-state index in [1.807, 2.05) is 12.1 Å². The minimum absolute atomic E-state index is 0.0410. The number of carbonyl (C=O) groups is 1. The number of methoxy groups -OCH3 is 1. The molecule has 0 spiro atoms. The van der Waals surface area contributed by atoms with Crippen molar-refractivity contribution in [2.75, 3.05) is 20.3 Å². The van der Waals surface area contributed by atoms with Crippen LogP contribution in [0.5, 0.6) is 11.5 Å². The second kappa shape index (κ2) is 8.39. The van der Waals surface area contributed by atoms with Crippen LogP contribution in [0, 0.1) is 0 Å². The molecule has 0 aliphatic heterocycles. The number of hydrogen-bond acceptors (Lipinski definition) is 3. The molecule has 0 fully saturated rings. The van der Waals surface area contributed by atoms with E-state index in [0.717, 1.165) is 25.0 Å². The fourth-order valence-corrected chi connectivity index (χ4v) is 1.49. The zero-order valence-corrected chi connectivity index (χ0v) is 11.1. The summed E-state index contributed by atoms with van der Waals surface area (Å²) in [5.74, 6) is 1.27. The lowest BCUT2D eigenvalue weighted by molar-refractivity contribution is -0.123. The SMILES string of the molecule is CCCCCNC(=O)COc1cccc(OC)c1. The summed E-state index contributed by atoms with van der Waals surface area (Å²) in [4.78, 5) is 11.5. The average Bonchev–Trinajstić information content (AvgIpc) is 2.41. The van der Waals surface area contributed by atoms with Gasteiger partial charge >= 0.3 is 0 Å². The van der Waals surface area contributed by atoms with E-state index in [9.17, 15) is 4.79 Å². The van der Waals surface area contributed by atoms with Crippen molar-refractivity contribution >= 4 is 5.91 Å². The summed E-state index contributed by atoms with van der Waals surface area (Å²) in [6.45, 7) is 2.89. The van der Waals surface area contributed by atoms with E-state index < -0.39 is 0 Å². The van der Waals surface area contributed by atoms with Crippen LogP contribution in [-0.2, 0) is 4.79 Å². The van der Waals surface area contributed by atoms with Gasteiger partial charge in [-0.05, 0) is 18.6 Å². The van der Waals surface area contributed by atoms with Gasteiger partial charge in [0.05, 0.1) is 7.11 Å². The van der Waals surface area contributed by atoms with Crippen LogP contribution >= 0.6 is 0 Å². The van der Waals surface area contributed by atoms with Crippen LogP contribution in [0.2, 0.25) is 0 Å². The number of ether oxygens (including phenoxy) is 2. The van der Waals surface area contributed by atoms with Crippen molar-refractivity contribution in [2.24, 2.45) is 0 Å². The number of hydrogen-bond donors (Lipinski definition) is 1. The molecule has 0 heterocycles. The molecule has 1 aromatic carbocycles. The van der Waals surface area contributed by atoms with Gasteiger partial charge in [0.15, 0.2) is 6.61 Å². The van der Waals surface area contributed by atoms with Crippen LogP contribution in [0.1, 0.15) is 26.2 Å². The Morgan fingerprint density at radius 2 is 2.06 bits per heavy atom. The molecular weight excluding hydrogens is 230 g/mol. The summed E-state index contributed by atoms with van der Waals surface area (Å²) >= 11 is 0. The van der Waals surface area contributed by atoms with Crippen molar-refractivity contribution < 1.29 is 14.3 Å². The van der Waals surface area contributed by atoms with Gasteiger partial charge in [-0.25, -0.2) is 0 Å². The minimum Gasteiger partial charge on any atom is -0.497 e. The van der Waals surface area contributed by atoms with Crippen molar-refractivity contribution in [3.05, 3.63) is 24.3 Å². The Balaban J connectivity index is 2.24. The van der Waals surface area contributed by atoms with Crippen LogP contribution in [0.3, 0.4) is 0 Å². The van der Waals surface area contributed by atoms with Gasteiger partial charge in [-0.3, -0.25) is 4.79 Å². The first-order valence-electron chi connectivity index (χ1n) is 6.29. The molecule has 4 nitrogen and oxygen atoms in total. The molecule has 0 saturated heterocycles. The van der Waals surface area contributed by atoms with Gasteiger partial charge < -0.3 is 14.8 Å². The third-order valence-electron chi connectivity index (χ3n) is 2.51. The third kappa shape index (κ3) is 5.57. The molecule has 1 rings (SSSR count). The maximum atomic E-state index is 11.5. The number of benzene rings is 1. The molecule has 1 amide bonds. The van der Waals surface area contributed by atoms with E-state index in [0.29, 0.717) is 12.3 Å². The Hall–Kier alpha value is -1.71. The minimum atomic E-state index is -0.0890. The molecule has 0 aliphatic carbocycles. The molecule has 1 aromatic rings. The first-order chi connectivity index (χ1) is 8.76. The lowest BCUT2D eigenvalue weighted by Gasteiger charge is -2.08. The summed E-state index contributed by atoms with van der Waals surface area (Å²) in [6.07, 6.45) is 3.30. The maximum Gasteiger partial charge on any atom is 0.257 e. The van der Waals surface area contributed by atoms with E-state index in [1.165, 1.54) is 0 Å². The van der Waals surface area contributed by atoms with Crippen molar-refractivity contribution in [3.8, 4) is 11.5 Å². The smallest absolute Gasteiger partial charge is 0.257 e. The van der Waals surface area contributed by atoms with Gasteiger partial charge in [0.2, 0.25) is 0 Å². The van der Waals surface area contributed by atoms with E-state index in [-0.39, 0.29) is 12.5 Å². The van der Waals surface area contributed by atoms with E-state index in [1.54, 1.807) is 19.2 Å². The normalized spacial score (nSPS) is 9.89. The first-order valence-corrected chi connectivity index (χ1v) is 6.29. The Bertz CT molecular complexity index is 366. The highest BCUT2D eigenvalue weighted by molar-refractivity contribution is 5.77. The van der Waals surface area contributed by atoms with Crippen LogP contribution in [0.25, 0.3) is 0 Å². The maximum absolute atomic E-state index is 11.5. The number of carbonyl (C=O) groups excluding carboxylic acids is 1. The molecule has 4 heteroatoms. The zero-order valence-electron chi connectivity index (χ0n) is 11.1. The lowest BCUT2D eigenvalue weighted by atomic mass is 10.2. The van der Waals surface area contributed by atoms with Gasteiger partial charge in [0.1, 0.15) is 11.5 Å². The Labute approximate surface area is 108 Å². The first kappa shape index (κ1) is 14.4. The molecule has 0 aromatic heterocycles. The predicted molar refractivity (Wildman–Crippen MR) is 71.0 cm³/mol. The fraction of sp³-hybridized carbons (Fsp3) is 0.500. The highest BCUT2D eigenvalue weighted by Gasteiger charge is 2.02. The molecule has 1 N–H and O–H groups in total. The highest BCUT2D eigenvalue weighted by atomic mass is 16.5. The summed E-state index contributed by atoms with van der Waals surface area (Å²) in [5.41, 5.74) is 0. The van der Waals surface area contributed by atoms with Crippen molar-refractivity contribution in [1.82, 2.24) is 5.32 Å². The van der Waals surface area contributed by atoms with Crippen molar-refractivity contribution in [2.45, 2.75) is 26.2 Å². The predicted octanol–water partition coefficient (Wildman–Crippen LogP) is 2.38. The summed E-state index contributed by atoms with van der Waals surface area (Å²) in [5, 5.41) is 2.82. The zero-order chi connectivity index (χ0) is 13.2. The van der Waals surface area contributed by atoms with Crippen molar-refractivity contribution in [1.29, 1.82) is 0 Å². The highest BCUT2D eigenvalue weighted by Crippen LogP contribution is 2.18. The number of rotatable bonds is 8. The standard InChI is InChI=1S/C14H21NO3/c1-3-4-5-9-15-14(16)11-18-13-8-6-7-12(10-13)17-2/h6-8,10H,3-5,9,11H2,1-2H3,(H,15,16). The van der Waals surface area contributed by atoms with Crippen LogP contribution < -0.4 is 14.8 Å². The molecular formula is C14H21NO3. The quantitative estimate of drug-likeness (QED) is 0.722. The Morgan fingerprint density at radius 1 is 1.28 bits per heavy atom. The molecule has 0 atom stereocenters. The number of amides is 1. The summed E-state index contributed by atoms with van der Waals surface area (Å²) in [6, 6.07) is 7.21. The molecule has 100 valence electrons. The molecule has 18 heavy (non-hydrogen) atoms. The third-order valence-corrected chi connectivity index (χ3v) is 2.51. The van der Waals surface area contributed by atoms with Crippen LogP contribution in [0.15, 0.2) is 24.3 Å². The lowest BCUT2D eigenvalue weighted by Crippen LogP contribution is -2.29. The van der Waals surface area contributed by atoms with Gasteiger partial charge in [0.25, 0.3) is 5.91 Å². The number of unbranched alkanes of at least 4 members (excludes halogenated alkanes) is 2. The number of nitrogens with one attached hydrogen (secondary N) is 1. The van der Waals surface area contributed by atoms with Crippen LogP contribution in [0.4, 0.5) is 0 Å². The Kier molecular flexibility index (Phi) is 6.69. The monoisotopic (exact) mass is 251 g/mol. The molecule has 0 saturated carbocycles. The van der Waals surface area contributed by atoms with Gasteiger partial charge in [-0.2, -0.15) is 0 Å². The van der Waals surface area contributed by atoms with Crippen LogP contribution in [-0.4, -0.2) is 26.2 Å². The average molecular weight is 251 g/mol. The topological polar surface area (TPSA) is 47.6 Å². The molecule has 0 unspecified atom stereocenters. The largest absolute Gasteiger partial charge is 0.497 e. The second-order valence-corrected chi connectivity index (χ2v) is 4.02. The fourth-order valence-electron chi connectivity index (χ4n) is 1.49. The van der Waals surface area contributed by atoms with Gasteiger partial charge in [-0.1, -0.05) is 25.8 Å². The van der Waals surface area contributed by atoms with E-state index in [4.69, 9.17) is 9.47 Å². The van der Waals surface area contributed by atoms with Gasteiger partial charge in [0, 0.05) is 12.6 Å². The Morgan fingerprint density at radius 3 is 2.78 bits per heavy atom. The molecule has 0 bridgehead atoms. The molecule has 0 aliphatic rings.